The van der Waals surface area contributed by atoms with Crippen molar-refractivity contribution in [3.05, 3.63) is 0 Å². The molecule has 0 N–H and O–H groups in total. The third-order valence-corrected chi connectivity index (χ3v) is 2.66. The summed E-state index contributed by atoms with van der Waals surface area (Å²) < 4.78 is 40.6. The predicted octanol–water partition coefficient (Wildman–Crippen LogP) is 1.85. The van der Waals surface area contributed by atoms with Crippen molar-refractivity contribution < 1.29 is 27.5 Å². The van der Waals surface area contributed by atoms with Gasteiger partial charge in [0.05, 0.1) is 6.61 Å². The second-order valence-corrected chi connectivity index (χ2v) is 3.64. The highest BCUT2D eigenvalue weighted by atomic mass is 19.4. The van der Waals surface area contributed by atoms with Gasteiger partial charge < -0.3 is 4.74 Å². The van der Waals surface area contributed by atoms with E-state index in [1.807, 2.05) is 0 Å². The Balaban J connectivity index is 2.76. The van der Waals surface area contributed by atoms with Gasteiger partial charge in [-0.15, -0.1) is 0 Å². The van der Waals surface area contributed by atoms with Crippen LogP contribution >= 0.6 is 0 Å². The zero-order chi connectivity index (χ0) is 11.7. The first-order valence-corrected chi connectivity index (χ1v) is 4.53. The number of hydrogen-bond donors (Lipinski definition) is 0. The SMILES string of the molecule is CC(=O)C1(CCC(F)(F)F)CCOC1=O. The first kappa shape index (κ1) is 12.0. The summed E-state index contributed by atoms with van der Waals surface area (Å²) in [6.45, 7) is 1.15. The van der Waals surface area contributed by atoms with Gasteiger partial charge in [-0.1, -0.05) is 0 Å². The molecule has 1 unspecified atom stereocenters. The molecule has 6 heteroatoms. The lowest BCUT2D eigenvalue weighted by Gasteiger charge is -2.21. The number of cyclic esters (lactones) is 1. The maximum atomic E-state index is 12.0. The van der Waals surface area contributed by atoms with Crippen LogP contribution in [0.5, 0.6) is 0 Å². The Kier molecular flexibility index (Phi) is 3.06. The normalized spacial score (nSPS) is 26.5. The van der Waals surface area contributed by atoms with Crippen molar-refractivity contribution in [2.75, 3.05) is 6.61 Å². The Hall–Kier alpha value is -1.07. The molecule has 0 aromatic heterocycles. The first-order valence-electron chi connectivity index (χ1n) is 4.53. The standard InChI is InChI=1S/C9H11F3O3/c1-6(13)8(2-3-9(10,11)12)4-5-15-7(8)14/h2-5H2,1H3. The number of esters is 1. The number of carbonyl (C=O) groups excluding carboxylic acids is 2. The Morgan fingerprint density at radius 2 is 2.13 bits per heavy atom. The summed E-state index contributed by atoms with van der Waals surface area (Å²) in [5.74, 6) is -1.37. The highest BCUT2D eigenvalue weighted by Crippen LogP contribution is 2.39. The molecule has 0 spiro atoms. The van der Waals surface area contributed by atoms with Gasteiger partial charge in [0, 0.05) is 12.8 Å². The van der Waals surface area contributed by atoms with Gasteiger partial charge in [0.2, 0.25) is 0 Å². The number of rotatable bonds is 3. The van der Waals surface area contributed by atoms with E-state index in [0.717, 1.165) is 6.92 Å². The summed E-state index contributed by atoms with van der Waals surface area (Å²) in [4.78, 5) is 22.5. The third kappa shape index (κ3) is 2.49. The van der Waals surface area contributed by atoms with E-state index in [1.54, 1.807) is 0 Å². The Bertz CT molecular complexity index is 285. The third-order valence-electron chi connectivity index (χ3n) is 2.66. The number of ketones is 1. The van der Waals surface area contributed by atoms with Crippen molar-refractivity contribution in [3.8, 4) is 0 Å². The molecule has 0 radical (unpaired) electrons. The van der Waals surface area contributed by atoms with Crippen LogP contribution in [0.15, 0.2) is 0 Å². The van der Waals surface area contributed by atoms with Crippen molar-refractivity contribution in [3.63, 3.8) is 0 Å². The van der Waals surface area contributed by atoms with E-state index in [0.29, 0.717) is 0 Å². The zero-order valence-electron chi connectivity index (χ0n) is 8.19. The van der Waals surface area contributed by atoms with Crippen LogP contribution in [0, 0.1) is 5.41 Å². The Labute approximate surface area is 84.6 Å². The summed E-state index contributed by atoms with van der Waals surface area (Å²) in [5.41, 5.74) is -1.56. The van der Waals surface area contributed by atoms with Gasteiger partial charge >= 0.3 is 12.1 Å². The fraction of sp³-hybridized carbons (Fsp3) is 0.778. The van der Waals surface area contributed by atoms with Crippen LogP contribution in [0.3, 0.4) is 0 Å². The fourth-order valence-electron chi connectivity index (χ4n) is 1.64. The lowest BCUT2D eigenvalue weighted by molar-refractivity contribution is -0.157. The van der Waals surface area contributed by atoms with Crippen LogP contribution < -0.4 is 0 Å². The molecule has 0 amide bonds. The van der Waals surface area contributed by atoms with Gasteiger partial charge in [0.1, 0.15) is 11.2 Å². The molecule has 1 aliphatic rings. The quantitative estimate of drug-likeness (QED) is 0.542. The smallest absolute Gasteiger partial charge is 0.389 e. The average Bonchev–Trinajstić information content (AvgIpc) is 2.43. The van der Waals surface area contributed by atoms with Gasteiger partial charge in [0.15, 0.2) is 0 Å². The first-order chi connectivity index (χ1) is 6.78. The topological polar surface area (TPSA) is 43.4 Å². The van der Waals surface area contributed by atoms with E-state index >= 15 is 0 Å². The van der Waals surface area contributed by atoms with E-state index in [4.69, 9.17) is 0 Å². The van der Waals surface area contributed by atoms with E-state index < -0.39 is 36.2 Å². The number of halogens is 3. The Morgan fingerprint density at radius 3 is 2.47 bits per heavy atom. The molecule has 1 saturated heterocycles. The van der Waals surface area contributed by atoms with Gasteiger partial charge in [-0.25, -0.2) is 0 Å². The number of alkyl halides is 3. The minimum absolute atomic E-state index is 0.0241. The molecule has 1 aliphatic heterocycles. The molecule has 0 aromatic rings. The van der Waals surface area contributed by atoms with Gasteiger partial charge in [-0.2, -0.15) is 13.2 Å². The zero-order valence-corrected chi connectivity index (χ0v) is 8.19. The van der Waals surface area contributed by atoms with Crippen LogP contribution in [0.2, 0.25) is 0 Å². The van der Waals surface area contributed by atoms with Crippen molar-refractivity contribution in [2.45, 2.75) is 32.4 Å². The summed E-state index contributed by atoms with van der Waals surface area (Å²) in [7, 11) is 0. The van der Waals surface area contributed by atoms with Gasteiger partial charge in [-0.3, -0.25) is 9.59 Å². The van der Waals surface area contributed by atoms with Crippen LogP contribution in [0.25, 0.3) is 0 Å². The van der Waals surface area contributed by atoms with Crippen molar-refractivity contribution in [1.82, 2.24) is 0 Å². The Morgan fingerprint density at radius 1 is 1.53 bits per heavy atom. The average molecular weight is 224 g/mol. The van der Waals surface area contributed by atoms with E-state index in [-0.39, 0.29) is 13.0 Å². The van der Waals surface area contributed by atoms with Crippen LogP contribution in [0.1, 0.15) is 26.2 Å². The van der Waals surface area contributed by atoms with Gasteiger partial charge in [-0.05, 0) is 13.3 Å². The molecule has 0 bridgehead atoms. The molecule has 1 atom stereocenters. The lowest BCUT2D eigenvalue weighted by atomic mass is 9.78. The molecule has 0 saturated carbocycles. The fourth-order valence-corrected chi connectivity index (χ4v) is 1.64. The maximum Gasteiger partial charge on any atom is 0.389 e. The van der Waals surface area contributed by atoms with E-state index in [2.05, 4.69) is 4.74 Å². The largest absolute Gasteiger partial charge is 0.465 e. The van der Waals surface area contributed by atoms with Crippen LogP contribution in [0.4, 0.5) is 13.2 Å². The van der Waals surface area contributed by atoms with Crippen molar-refractivity contribution in [1.29, 1.82) is 0 Å². The van der Waals surface area contributed by atoms with Crippen LogP contribution in [-0.4, -0.2) is 24.5 Å². The number of Topliss-reactive ketones (excluding diaryl/α,β-unsaturated/α-hetero) is 1. The molecule has 86 valence electrons. The van der Waals surface area contributed by atoms with Crippen molar-refractivity contribution in [2.24, 2.45) is 5.41 Å². The molecular weight excluding hydrogens is 213 g/mol. The molecule has 1 rings (SSSR count). The number of carbonyl (C=O) groups is 2. The second kappa shape index (κ2) is 3.83. The monoisotopic (exact) mass is 224 g/mol. The molecule has 15 heavy (non-hydrogen) atoms. The molecule has 1 fully saturated rings. The summed E-state index contributed by atoms with van der Waals surface area (Å²) in [6.07, 6.45) is -5.95. The second-order valence-electron chi connectivity index (χ2n) is 3.64. The summed E-state index contributed by atoms with van der Waals surface area (Å²) >= 11 is 0. The maximum absolute atomic E-state index is 12.0. The van der Waals surface area contributed by atoms with Gasteiger partial charge in [0.25, 0.3) is 0 Å². The van der Waals surface area contributed by atoms with E-state index in [9.17, 15) is 22.8 Å². The minimum Gasteiger partial charge on any atom is -0.465 e. The lowest BCUT2D eigenvalue weighted by Crippen LogP contribution is -2.35. The molecule has 1 heterocycles. The summed E-state index contributed by atoms with van der Waals surface area (Å²) in [5, 5.41) is 0. The molecule has 3 nitrogen and oxygen atoms in total. The highest BCUT2D eigenvalue weighted by Gasteiger charge is 2.50. The minimum atomic E-state index is -4.36. The predicted molar refractivity (Wildman–Crippen MR) is 44.0 cm³/mol. The van der Waals surface area contributed by atoms with E-state index in [1.165, 1.54) is 0 Å². The van der Waals surface area contributed by atoms with Crippen molar-refractivity contribution >= 4 is 11.8 Å². The number of ether oxygens (including phenoxy) is 1. The molecule has 0 aliphatic carbocycles. The van der Waals surface area contributed by atoms with Crippen LogP contribution in [-0.2, 0) is 14.3 Å². The summed E-state index contributed by atoms with van der Waals surface area (Å²) in [6, 6.07) is 0. The highest BCUT2D eigenvalue weighted by molar-refractivity contribution is 6.03. The molecular formula is C9H11F3O3. The number of hydrogen-bond acceptors (Lipinski definition) is 3. The molecule has 0 aromatic carbocycles.